The molecule has 1 aromatic carbocycles. The summed E-state index contributed by atoms with van der Waals surface area (Å²) in [5.74, 6) is 0. The summed E-state index contributed by atoms with van der Waals surface area (Å²) in [5.41, 5.74) is 2.47. The van der Waals surface area contributed by atoms with Crippen LogP contribution in [-0.2, 0) is 6.54 Å². The summed E-state index contributed by atoms with van der Waals surface area (Å²) >= 11 is 0. The van der Waals surface area contributed by atoms with E-state index in [2.05, 4.69) is 10.3 Å². The molecule has 1 heterocycles. The molecule has 0 spiro atoms. The van der Waals surface area contributed by atoms with E-state index >= 15 is 0 Å². The number of anilines is 1. The number of rotatable bonds is 4. The van der Waals surface area contributed by atoms with Crippen molar-refractivity contribution < 1.29 is 4.92 Å². The fraction of sp³-hybridized carbons (Fsp3) is 0.154. The highest BCUT2D eigenvalue weighted by atomic mass is 16.6. The van der Waals surface area contributed by atoms with Crippen molar-refractivity contribution >= 4 is 11.4 Å². The highest BCUT2D eigenvalue weighted by Crippen LogP contribution is 2.25. The van der Waals surface area contributed by atoms with Crippen LogP contribution in [0.3, 0.4) is 0 Å². The number of nitrogens with one attached hydrogen (secondary N) is 1. The summed E-state index contributed by atoms with van der Waals surface area (Å²) in [6.07, 6.45) is 3.42. The lowest BCUT2D eigenvalue weighted by Gasteiger charge is -2.07. The minimum Gasteiger partial charge on any atom is -0.375 e. The number of pyridine rings is 1. The predicted octanol–water partition coefficient (Wildman–Crippen LogP) is 2.91. The Hall–Kier alpha value is -2.43. The average Bonchev–Trinajstić information content (AvgIpc) is 2.38. The lowest BCUT2D eigenvalue weighted by Crippen LogP contribution is -2.03. The maximum atomic E-state index is 10.9. The van der Waals surface area contributed by atoms with Gasteiger partial charge in [-0.3, -0.25) is 15.1 Å². The Balaban J connectivity index is 2.17. The van der Waals surface area contributed by atoms with Crippen LogP contribution in [-0.4, -0.2) is 9.91 Å². The lowest BCUT2D eigenvalue weighted by atomic mass is 10.2. The van der Waals surface area contributed by atoms with Gasteiger partial charge in [-0.15, -0.1) is 0 Å². The number of nitro groups is 1. The first-order valence-corrected chi connectivity index (χ1v) is 5.54. The van der Waals surface area contributed by atoms with Crippen LogP contribution in [0.15, 0.2) is 42.7 Å². The maximum Gasteiger partial charge on any atom is 0.292 e. The smallest absolute Gasteiger partial charge is 0.292 e. The molecule has 0 bridgehead atoms. The summed E-state index contributed by atoms with van der Waals surface area (Å²) in [4.78, 5) is 14.6. The van der Waals surface area contributed by atoms with Crippen molar-refractivity contribution in [2.24, 2.45) is 0 Å². The van der Waals surface area contributed by atoms with Crippen molar-refractivity contribution in [3.05, 3.63) is 64.0 Å². The molecule has 0 unspecified atom stereocenters. The van der Waals surface area contributed by atoms with Crippen molar-refractivity contribution in [2.45, 2.75) is 13.5 Å². The first-order chi connectivity index (χ1) is 8.66. The molecule has 1 aromatic heterocycles. The molecule has 0 amide bonds. The number of aromatic nitrogens is 1. The Kier molecular flexibility index (Phi) is 3.52. The van der Waals surface area contributed by atoms with E-state index in [9.17, 15) is 10.1 Å². The van der Waals surface area contributed by atoms with E-state index in [1.165, 1.54) is 0 Å². The Labute approximate surface area is 105 Å². The van der Waals surface area contributed by atoms with Gasteiger partial charge in [0.2, 0.25) is 0 Å². The van der Waals surface area contributed by atoms with Gasteiger partial charge in [0.05, 0.1) is 4.92 Å². The molecule has 0 atom stereocenters. The van der Waals surface area contributed by atoms with Gasteiger partial charge in [-0.25, -0.2) is 0 Å². The monoisotopic (exact) mass is 243 g/mol. The van der Waals surface area contributed by atoms with Crippen LogP contribution in [0.25, 0.3) is 0 Å². The van der Waals surface area contributed by atoms with Gasteiger partial charge in [-0.2, -0.15) is 0 Å². The van der Waals surface area contributed by atoms with Crippen LogP contribution >= 0.6 is 0 Å². The molecule has 5 nitrogen and oxygen atoms in total. The predicted molar refractivity (Wildman–Crippen MR) is 69.4 cm³/mol. The summed E-state index contributed by atoms with van der Waals surface area (Å²) < 4.78 is 0. The van der Waals surface area contributed by atoms with Crippen molar-refractivity contribution in [1.29, 1.82) is 0 Å². The second-order valence-corrected chi connectivity index (χ2v) is 3.99. The second-order valence-electron chi connectivity index (χ2n) is 3.99. The van der Waals surface area contributed by atoms with Crippen molar-refractivity contribution in [2.75, 3.05) is 5.32 Å². The molecule has 0 aliphatic heterocycles. The molecule has 1 N–H and O–H groups in total. The van der Waals surface area contributed by atoms with Gasteiger partial charge in [-0.1, -0.05) is 12.1 Å². The van der Waals surface area contributed by atoms with Gasteiger partial charge in [0.15, 0.2) is 0 Å². The van der Waals surface area contributed by atoms with Crippen molar-refractivity contribution in [3.8, 4) is 0 Å². The zero-order valence-electron chi connectivity index (χ0n) is 9.96. The zero-order chi connectivity index (χ0) is 13.0. The molecular weight excluding hydrogens is 230 g/mol. The molecule has 92 valence electrons. The molecule has 0 fully saturated rings. The largest absolute Gasteiger partial charge is 0.375 e. The van der Waals surface area contributed by atoms with Crippen LogP contribution < -0.4 is 5.32 Å². The third kappa shape index (κ3) is 2.82. The van der Waals surface area contributed by atoms with Gasteiger partial charge in [0.1, 0.15) is 5.69 Å². The van der Waals surface area contributed by atoms with Crippen LogP contribution in [0.4, 0.5) is 11.4 Å². The van der Waals surface area contributed by atoms with Crippen molar-refractivity contribution in [3.63, 3.8) is 0 Å². The number of hydrogen-bond acceptors (Lipinski definition) is 4. The standard InChI is InChI=1S/C13H13N3O2/c1-10-4-5-12(13(7-10)16(17)18)15-9-11-3-2-6-14-8-11/h2-8,15H,9H2,1H3. The van der Waals surface area contributed by atoms with Gasteiger partial charge in [0.25, 0.3) is 5.69 Å². The number of benzene rings is 1. The summed E-state index contributed by atoms with van der Waals surface area (Å²) in [6.45, 7) is 2.34. The van der Waals surface area contributed by atoms with E-state index in [4.69, 9.17) is 0 Å². The summed E-state index contributed by atoms with van der Waals surface area (Å²) in [5, 5.41) is 14.0. The van der Waals surface area contributed by atoms with Gasteiger partial charge < -0.3 is 5.32 Å². The molecular formula is C13H13N3O2. The second kappa shape index (κ2) is 5.27. The van der Waals surface area contributed by atoms with Crippen LogP contribution in [0, 0.1) is 17.0 Å². The summed E-state index contributed by atoms with van der Waals surface area (Å²) in [6, 6.07) is 8.88. The Morgan fingerprint density at radius 2 is 2.22 bits per heavy atom. The van der Waals surface area contributed by atoms with E-state index in [0.29, 0.717) is 12.2 Å². The quantitative estimate of drug-likeness (QED) is 0.662. The number of aryl methyl sites for hydroxylation is 1. The third-order valence-corrected chi connectivity index (χ3v) is 2.56. The fourth-order valence-electron chi connectivity index (χ4n) is 1.64. The molecule has 2 aromatic rings. The molecule has 0 aliphatic carbocycles. The van der Waals surface area contributed by atoms with E-state index in [-0.39, 0.29) is 10.6 Å². The normalized spacial score (nSPS) is 10.1. The average molecular weight is 243 g/mol. The molecule has 5 heteroatoms. The van der Waals surface area contributed by atoms with Gasteiger partial charge >= 0.3 is 0 Å². The van der Waals surface area contributed by atoms with E-state index in [1.54, 1.807) is 24.5 Å². The van der Waals surface area contributed by atoms with E-state index in [1.807, 2.05) is 25.1 Å². The first kappa shape index (κ1) is 12.0. The zero-order valence-corrected chi connectivity index (χ0v) is 9.96. The molecule has 18 heavy (non-hydrogen) atoms. The molecule has 2 rings (SSSR count). The minimum atomic E-state index is -0.376. The molecule has 0 radical (unpaired) electrons. The molecule has 0 saturated heterocycles. The fourth-order valence-corrected chi connectivity index (χ4v) is 1.64. The highest BCUT2D eigenvalue weighted by molar-refractivity contribution is 5.62. The van der Waals surface area contributed by atoms with Crippen LogP contribution in [0.1, 0.15) is 11.1 Å². The lowest BCUT2D eigenvalue weighted by molar-refractivity contribution is -0.384. The third-order valence-electron chi connectivity index (χ3n) is 2.56. The maximum absolute atomic E-state index is 10.9. The van der Waals surface area contributed by atoms with E-state index in [0.717, 1.165) is 11.1 Å². The Morgan fingerprint density at radius 3 is 2.89 bits per heavy atom. The summed E-state index contributed by atoms with van der Waals surface area (Å²) in [7, 11) is 0. The molecule has 0 aliphatic rings. The van der Waals surface area contributed by atoms with E-state index < -0.39 is 0 Å². The van der Waals surface area contributed by atoms with Crippen LogP contribution in [0.2, 0.25) is 0 Å². The first-order valence-electron chi connectivity index (χ1n) is 5.54. The van der Waals surface area contributed by atoms with Crippen molar-refractivity contribution in [1.82, 2.24) is 4.98 Å². The van der Waals surface area contributed by atoms with Gasteiger partial charge in [0, 0.05) is 25.0 Å². The number of nitro benzene ring substituents is 1. The Morgan fingerprint density at radius 1 is 1.39 bits per heavy atom. The number of hydrogen-bond donors (Lipinski definition) is 1. The topological polar surface area (TPSA) is 68.1 Å². The molecule has 0 saturated carbocycles. The Bertz CT molecular complexity index is 555. The van der Waals surface area contributed by atoms with Gasteiger partial charge in [-0.05, 0) is 30.2 Å². The SMILES string of the molecule is Cc1ccc(NCc2cccnc2)c([N+](=O)[O-])c1. The number of nitrogens with zero attached hydrogens (tertiary/aromatic N) is 2. The minimum absolute atomic E-state index is 0.0962. The van der Waals surface area contributed by atoms with Crippen LogP contribution in [0.5, 0.6) is 0 Å². The highest BCUT2D eigenvalue weighted by Gasteiger charge is 2.13.